The van der Waals surface area contributed by atoms with Crippen LogP contribution in [-0.4, -0.2) is 9.97 Å². The summed E-state index contributed by atoms with van der Waals surface area (Å²) >= 11 is 1.47. The second-order valence-corrected chi connectivity index (χ2v) is 4.53. The van der Waals surface area contributed by atoms with E-state index in [2.05, 4.69) is 20.2 Å². The molecule has 17 heavy (non-hydrogen) atoms. The first-order chi connectivity index (χ1) is 8.34. The number of para-hydroxylation sites is 1. The molecule has 0 atom stereocenters. The van der Waals surface area contributed by atoms with Crippen molar-refractivity contribution in [1.82, 2.24) is 9.97 Å². The van der Waals surface area contributed by atoms with Gasteiger partial charge in [0.15, 0.2) is 0 Å². The minimum Gasteiger partial charge on any atom is -0.357 e. The van der Waals surface area contributed by atoms with Crippen LogP contribution < -0.4 is 0 Å². The monoisotopic (exact) mass is 242 g/mol. The molecule has 0 aliphatic heterocycles. The number of nitrogens with zero attached hydrogens (tertiary/aromatic N) is 3. The van der Waals surface area contributed by atoms with Gasteiger partial charge in [-0.15, -0.1) is 21.6 Å². The van der Waals surface area contributed by atoms with Crippen LogP contribution in [0.5, 0.6) is 0 Å². The summed E-state index contributed by atoms with van der Waals surface area (Å²) in [6, 6.07) is 8.07. The smallest absolute Gasteiger partial charge is 0.229 e. The first kappa shape index (κ1) is 10.2. The molecule has 1 N–H and O–H groups in total. The van der Waals surface area contributed by atoms with Crippen molar-refractivity contribution in [3.8, 4) is 0 Å². The van der Waals surface area contributed by atoms with Crippen molar-refractivity contribution in [2.75, 3.05) is 0 Å². The molecule has 84 valence electrons. The summed E-state index contributed by atoms with van der Waals surface area (Å²) in [5.41, 5.74) is 2.99. The standard InChI is InChI=1S/C12H10N4S/c1-8-11(15-16-12-13-6-7-17-12)9-4-2-3-5-10(9)14-8/h2-7,14H,1H3. The zero-order chi connectivity index (χ0) is 11.7. The number of thiazole rings is 1. The molecule has 0 radical (unpaired) electrons. The largest absolute Gasteiger partial charge is 0.357 e. The highest BCUT2D eigenvalue weighted by atomic mass is 32.1. The first-order valence-corrected chi connectivity index (χ1v) is 6.11. The molecule has 3 rings (SSSR count). The van der Waals surface area contributed by atoms with Gasteiger partial charge in [-0.3, -0.25) is 0 Å². The van der Waals surface area contributed by atoms with Crippen LogP contribution in [-0.2, 0) is 0 Å². The van der Waals surface area contributed by atoms with E-state index in [1.807, 2.05) is 36.6 Å². The summed E-state index contributed by atoms with van der Waals surface area (Å²) in [5, 5.41) is 12.1. The Morgan fingerprint density at radius 3 is 2.94 bits per heavy atom. The molecule has 0 fully saturated rings. The van der Waals surface area contributed by atoms with Crippen molar-refractivity contribution in [3.05, 3.63) is 41.5 Å². The highest BCUT2D eigenvalue weighted by Gasteiger charge is 2.06. The van der Waals surface area contributed by atoms with Crippen LogP contribution in [0.2, 0.25) is 0 Å². The third-order valence-corrected chi connectivity index (χ3v) is 3.17. The van der Waals surface area contributed by atoms with Crippen molar-refractivity contribution < 1.29 is 0 Å². The molecule has 0 bridgehead atoms. The zero-order valence-electron chi connectivity index (χ0n) is 9.21. The highest BCUT2D eigenvalue weighted by Crippen LogP contribution is 2.31. The van der Waals surface area contributed by atoms with Gasteiger partial charge in [0.05, 0.1) is 0 Å². The predicted molar refractivity (Wildman–Crippen MR) is 69.3 cm³/mol. The van der Waals surface area contributed by atoms with Crippen molar-refractivity contribution >= 4 is 33.1 Å². The lowest BCUT2D eigenvalue weighted by molar-refractivity contribution is 1.18. The van der Waals surface area contributed by atoms with E-state index in [0.717, 1.165) is 22.3 Å². The zero-order valence-corrected chi connectivity index (χ0v) is 10.0. The molecule has 0 saturated heterocycles. The number of nitrogens with one attached hydrogen (secondary N) is 1. The Balaban J connectivity index is 2.08. The Hall–Kier alpha value is -2.01. The molecule has 0 saturated carbocycles. The second kappa shape index (κ2) is 4.10. The molecule has 0 amide bonds. The lowest BCUT2D eigenvalue weighted by atomic mass is 10.2. The Labute approximate surface area is 102 Å². The van der Waals surface area contributed by atoms with Gasteiger partial charge in [0.1, 0.15) is 5.69 Å². The molecule has 4 nitrogen and oxygen atoms in total. The highest BCUT2D eigenvalue weighted by molar-refractivity contribution is 7.13. The van der Waals surface area contributed by atoms with E-state index in [9.17, 15) is 0 Å². The van der Waals surface area contributed by atoms with E-state index in [0.29, 0.717) is 5.13 Å². The summed E-state index contributed by atoms with van der Waals surface area (Å²) in [6.07, 6.45) is 1.72. The Morgan fingerprint density at radius 2 is 2.12 bits per heavy atom. The fraction of sp³-hybridized carbons (Fsp3) is 0.0833. The summed E-state index contributed by atoms with van der Waals surface area (Å²) in [4.78, 5) is 7.36. The van der Waals surface area contributed by atoms with E-state index in [1.165, 1.54) is 11.3 Å². The maximum atomic E-state index is 4.28. The van der Waals surface area contributed by atoms with Gasteiger partial charge in [-0.25, -0.2) is 4.98 Å². The molecular formula is C12H10N4S. The first-order valence-electron chi connectivity index (χ1n) is 5.23. The molecule has 3 aromatic rings. The number of H-pyrrole nitrogens is 1. The van der Waals surface area contributed by atoms with Crippen molar-refractivity contribution in [2.24, 2.45) is 10.2 Å². The van der Waals surface area contributed by atoms with Gasteiger partial charge in [-0.05, 0) is 13.0 Å². The van der Waals surface area contributed by atoms with E-state index < -0.39 is 0 Å². The molecule has 2 aromatic heterocycles. The average Bonchev–Trinajstić information content (AvgIpc) is 2.93. The quantitative estimate of drug-likeness (QED) is 0.667. The van der Waals surface area contributed by atoms with Gasteiger partial charge in [-0.1, -0.05) is 18.2 Å². The minimum atomic E-state index is 0.676. The number of hydrogen-bond acceptors (Lipinski definition) is 4. The molecule has 0 unspecified atom stereocenters. The van der Waals surface area contributed by atoms with Gasteiger partial charge >= 0.3 is 0 Å². The fourth-order valence-electron chi connectivity index (χ4n) is 1.75. The Morgan fingerprint density at radius 1 is 1.24 bits per heavy atom. The van der Waals surface area contributed by atoms with Crippen LogP contribution in [0.3, 0.4) is 0 Å². The van der Waals surface area contributed by atoms with E-state index >= 15 is 0 Å². The van der Waals surface area contributed by atoms with E-state index in [-0.39, 0.29) is 0 Å². The maximum absolute atomic E-state index is 4.28. The van der Waals surface area contributed by atoms with Crippen LogP contribution in [0, 0.1) is 6.92 Å². The van der Waals surface area contributed by atoms with E-state index in [1.54, 1.807) is 6.20 Å². The Bertz CT molecular complexity index is 667. The molecule has 0 aliphatic carbocycles. The topological polar surface area (TPSA) is 53.4 Å². The summed E-state index contributed by atoms with van der Waals surface area (Å²) in [5.74, 6) is 0. The van der Waals surface area contributed by atoms with Gasteiger partial charge in [0.25, 0.3) is 0 Å². The normalized spacial score (nSPS) is 11.6. The number of aryl methyl sites for hydroxylation is 1. The molecule has 5 heteroatoms. The second-order valence-electron chi connectivity index (χ2n) is 3.66. The lowest BCUT2D eigenvalue weighted by Gasteiger charge is -1.90. The van der Waals surface area contributed by atoms with Crippen LogP contribution in [0.25, 0.3) is 10.9 Å². The van der Waals surface area contributed by atoms with Crippen LogP contribution in [0.4, 0.5) is 10.8 Å². The number of aromatic amines is 1. The number of azo groups is 1. The average molecular weight is 242 g/mol. The van der Waals surface area contributed by atoms with Gasteiger partial charge < -0.3 is 4.98 Å². The number of hydrogen-bond donors (Lipinski definition) is 1. The van der Waals surface area contributed by atoms with Crippen molar-refractivity contribution in [3.63, 3.8) is 0 Å². The van der Waals surface area contributed by atoms with E-state index in [4.69, 9.17) is 0 Å². The molecule has 0 aliphatic rings. The molecule has 0 spiro atoms. The van der Waals surface area contributed by atoms with Crippen molar-refractivity contribution in [1.29, 1.82) is 0 Å². The minimum absolute atomic E-state index is 0.676. The van der Waals surface area contributed by atoms with Crippen LogP contribution in [0.15, 0.2) is 46.1 Å². The molecule has 2 heterocycles. The summed E-state index contributed by atoms with van der Waals surface area (Å²) in [7, 11) is 0. The SMILES string of the molecule is Cc1[nH]c2ccccc2c1N=Nc1nccs1. The van der Waals surface area contributed by atoms with Gasteiger partial charge in [0, 0.05) is 28.2 Å². The maximum Gasteiger partial charge on any atom is 0.229 e. The molecular weight excluding hydrogens is 232 g/mol. The Kier molecular flexibility index (Phi) is 2.45. The number of fused-ring (bicyclic) bond motifs is 1. The number of aromatic nitrogens is 2. The number of benzene rings is 1. The summed E-state index contributed by atoms with van der Waals surface area (Å²) < 4.78 is 0. The van der Waals surface area contributed by atoms with Gasteiger partial charge in [0.2, 0.25) is 5.13 Å². The van der Waals surface area contributed by atoms with Crippen LogP contribution >= 0.6 is 11.3 Å². The van der Waals surface area contributed by atoms with Gasteiger partial charge in [-0.2, -0.15) is 0 Å². The van der Waals surface area contributed by atoms with Crippen LogP contribution in [0.1, 0.15) is 5.69 Å². The predicted octanol–water partition coefficient (Wildman–Crippen LogP) is 4.35. The van der Waals surface area contributed by atoms with Crippen molar-refractivity contribution in [2.45, 2.75) is 6.92 Å². The third kappa shape index (κ3) is 1.85. The lowest BCUT2D eigenvalue weighted by Crippen LogP contribution is -1.67. The fourth-order valence-corrected chi connectivity index (χ4v) is 2.20. The molecule has 1 aromatic carbocycles. The third-order valence-electron chi connectivity index (χ3n) is 2.51. The number of rotatable bonds is 2. The summed E-state index contributed by atoms with van der Waals surface area (Å²) in [6.45, 7) is 2.00.